The monoisotopic (exact) mass is 278 g/mol. The summed E-state index contributed by atoms with van der Waals surface area (Å²) in [5, 5.41) is 1.27. The van der Waals surface area contributed by atoms with Crippen LogP contribution in [0.5, 0.6) is 0 Å². The molecule has 2 aromatic rings. The Labute approximate surface area is 122 Å². The molecule has 0 aliphatic carbocycles. The molecular formula is C17H14N2O2. The Hall–Kier alpha value is -2.88. The molecule has 3 rings (SSSR count). The van der Waals surface area contributed by atoms with E-state index in [1.165, 1.54) is 5.01 Å². The summed E-state index contributed by atoms with van der Waals surface area (Å²) in [6.45, 7) is 1.99. The quantitative estimate of drug-likeness (QED) is 0.677. The third-order valence-electron chi connectivity index (χ3n) is 3.29. The smallest absolute Gasteiger partial charge is 0.267 e. The zero-order valence-corrected chi connectivity index (χ0v) is 11.5. The first kappa shape index (κ1) is 13.1. The summed E-state index contributed by atoms with van der Waals surface area (Å²) in [7, 11) is 0. The number of para-hydroxylation sites is 1. The number of aryl methyl sites for hydroxylation is 1. The number of hydrogen-bond donors (Lipinski definition) is 1. The van der Waals surface area contributed by atoms with Crippen LogP contribution in [0.25, 0.3) is 6.08 Å². The number of anilines is 1. The van der Waals surface area contributed by atoms with Gasteiger partial charge in [-0.1, -0.05) is 48.0 Å². The molecule has 104 valence electrons. The zero-order chi connectivity index (χ0) is 14.8. The Balaban J connectivity index is 1.92. The highest BCUT2D eigenvalue weighted by atomic mass is 16.2. The first-order chi connectivity index (χ1) is 10.1. The van der Waals surface area contributed by atoms with Gasteiger partial charge in [-0.25, -0.2) is 5.01 Å². The van der Waals surface area contributed by atoms with Crippen molar-refractivity contribution in [3.8, 4) is 0 Å². The van der Waals surface area contributed by atoms with Crippen LogP contribution in [0.1, 0.15) is 11.1 Å². The van der Waals surface area contributed by atoms with Gasteiger partial charge in [0.15, 0.2) is 0 Å². The number of amides is 2. The van der Waals surface area contributed by atoms with Crippen LogP contribution in [-0.2, 0) is 9.59 Å². The molecule has 4 nitrogen and oxygen atoms in total. The maximum atomic E-state index is 12.4. The van der Waals surface area contributed by atoms with E-state index in [0.29, 0.717) is 5.69 Å². The van der Waals surface area contributed by atoms with Crippen LogP contribution in [-0.4, -0.2) is 11.8 Å². The maximum absolute atomic E-state index is 12.4. The topological polar surface area (TPSA) is 49.4 Å². The molecule has 1 fully saturated rings. The van der Waals surface area contributed by atoms with Crippen molar-refractivity contribution in [1.82, 2.24) is 5.43 Å². The van der Waals surface area contributed by atoms with Gasteiger partial charge in [-0.2, -0.15) is 0 Å². The Morgan fingerprint density at radius 1 is 0.952 bits per heavy atom. The first-order valence-electron chi connectivity index (χ1n) is 6.64. The second kappa shape index (κ2) is 5.25. The minimum absolute atomic E-state index is 0.141. The lowest BCUT2D eigenvalue weighted by Crippen LogP contribution is -2.35. The molecular weight excluding hydrogens is 264 g/mol. The molecule has 0 atom stereocenters. The summed E-state index contributed by atoms with van der Waals surface area (Å²) in [4.78, 5) is 24.4. The largest absolute Gasteiger partial charge is 0.282 e. The molecule has 0 saturated carbocycles. The molecule has 0 bridgehead atoms. The molecule has 2 amide bonds. The summed E-state index contributed by atoms with van der Waals surface area (Å²) in [6, 6.07) is 16.7. The highest BCUT2D eigenvalue weighted by molar-refractivity contribution is 6.31. The van der Waals surface area contributed by atoms with Crippen molar-refractivity contribution in [2.24, 2.45) is 0 Å². The highest BCUT2D eigenvalue weighted by Crippen LogP contribution is 2.21. The minimum Gasteiger partial charge on any atom is -0.267 e. The van der Waals surface area contributed by atoms with Crippen molar-refractivity contribution in [3.63, 3.8) is 0 Å². The minimum atomic E-state index is -0.385. The number of nitrogens with zero attached hydrogens (tertiary/aromatic N) is 1. The number of hydrogen-bond acceptors (Lipinski definition) is 2. The Morgan fingerprint density at radius 2 is 1.62 bits per heavy atom. The summed E-state index contributed by atoms with van der Waals surface area (Å²) >= 11 is 0. The van der Waals surface area contributed by atoms with Crippen molar-refractivity contribution in [3.05, 3.63) is 71.3 Å². The van der Waals surface area contributed by atoms with Gasteiger partial charge < -0.3 is 0 Å². The lowest BCUT2D eigenvalue weighted by atomic mass is 10.1. The fourth-order valence-electron chi connectivity index (χ4n) is 2.15. The van der Waals surface area contributed by atoms with E-state index in [2.05, 4.69) is 5.43 Å². The van der Waals surface area contributed by atoms with Gasteiger partial charge in [0.05, 0.1) is 5.69 Å². The van der Waals surface area contributed by atoms with Crippen LogP contribution in [0.4, 0.5) is 5.69 Å². The van der Waals surface area contributed by atoms with Gasteiger partial charge in [-0.15, -0.1) is 0 Å². The Morgan fingerprint density at radius 3 is 2.29 bits per heavy atom. The van der Waals surface area contributed by atoms with E-state index < -0.39 is 0 Å². The van der Waals surface area contributed by atoms with Gasteiger partial charge in [0.1, 0.15) is 5.57 Å². The third-order valence-corrected chi connectivity index (χ3v) is 3.29. The van der Waals surface area contributed by atoms with Crippen molar-refractivity contribution in [2.45, 2.75) is 6.92 Å². The molecule has 1 saturated heterocycles. The van der Waals surface area contributed by atoms with E-state index in [9.17, 15) is 9.59 Å². The van der Waals surface area contributed by atoms with Gasteiger partial charge in [-0.05, 0) is 30.7 Å². The second-order valence-electron chi connectivity index (χ2n) is 4.89. The lowest BCUT2D eigenvalue weighted by molar-refractivity contribution is -0.117. The third kappa shape index (κ3) is 2.56. The number of rotatable bonds is 2. The highest BCUT2D eigenvalue weighted by Gasteiger charge is 2.34. The Bertz CT molecular complexity index is 718. The van der Waals surface area contributed by atoms with E-state index in [0.717, 1.165) is 11.1 Å². The average molecular weight is 278 g/mol. The van der Waals surface area contributed by atoms with Gasteiger partial charge in [0.2, 0.25) is 0 Å². The molecule has 2 aromatic carbocycles. The van der Waals surface area contributed by atoms with Crippen LogP contribution in [0.15, 0.2) is 60.2 Å². The van der Waals surface area contributed by atoms with Crippen LogP contribution >= 0.6 is 0 Å². The maximum Gasteiger partial charge on any atom is 0.282 e. The van der Waals surface area contributed by atoms with E-state index in [-0.39, 0.29) is 17.4 Å². The zero-order valence-electron chi connectivity index (χ0n) is 11.5. The van der Waals surface area contributed by atoms with Gasteiger partial charge in [0.25, 0.3) is 11.8 Å². The van der Waals surface area contributed by atoms with Crippen LogP contribution in [0, 0.1) is 6.92 Å². The molecule has 0 radical (unpaired) electrons. The molecule has 0 aromatic heterocycles. The van der Waals surface area contributed by atoms with Gasteiger partial charge in [-0.3, -0.25) is 15.0 Å². The first-order valence-corrected chi connectivity index (χ1v) is 6.64. The van der Waals surface area contributed by atoms with Crippen molar-refractivity contribution >= 4 is 23.6 Å². The van der Waals surface area contributed by atoms with E-state index in [4.69, 9.17) is 0 Å². The summed E-state index contributed by atoms with van der Waals surface area (Å²) < 4.78 is 0. The van der Waals surface area contributed by atoms with E-state index in [1.807, 2.05) is 49.4 Å². The predicted molar refractivity (Wildman–Crippen MR) is 81.2 cm³/mol. The fraction of sp³-hybridized carbons (Fsp3) is 0.0588. The number of carbonyl (C=O) groups excluding carboxylic acids is 2. The summed E-state index contributed by atoms with van der Waals surface area (Å²) in [5.41, 5.74) is 5.32. The van der Waals surface area contributed by atoms with Crippen LogP contribution in [0.3, 0.4) is 0 Å². The molecule has 1 aliphatic rings. The number of carbonyl (C=O) groups is 2. The number of benzene rings is 2. The fourth-order valence-corrected chi connectivity index (χ4v) is 2.15. The standard InChI is InChI=1S/C17H14N2O2/c1-12-7-9-13(10-8-12)11-15-16(20)18-19(17(15)21)14-5-3-2-4-6-14/h2-11H,1H3,(H,18,20)/b15-11+. The van der Waals surface area contributed by atoms with Crippen LogP contribution in [0.2, 0.25) is 0 Å². The SMILES string of the molecule is Cc1ccc(/C=C2\C(=O)NN(c3ccccc3)C2=O)cc1. The average Bonchev–Trinajstić information content (AvgIpc) is 2.78. The molecule has 1 aliphatic heterocycles. The molecule has 1 heterocycles. The normalized spacial score (nSPS) is 16.4. The lowest BCUT2D eigenvalue weighted by Gasteiger charge is -2.13. The molecule has 1 N–H and O–H groups in total. The summed E-state index contributed by atoms with van der Waals surface area (Å²) in [6.07, 6.45) is 1.61. The van der Waals surface area contributed by atoms with Gasteiger partial charge >= 0.3 is 0 Å². The summed E-state index contributed by atoms with van der Waals surface area (Å²) in [5.74, 6) is -0.726. The predicted octanol–water partition coefficient (Wildman–Crippen LogP) is 2.46. The van der Waals surface area contributed by atoms with Crippen LogP contribution < -0.4 is 10.4 Å². The Kier molecular flexibility index (Phi) is 3.28. The second-order valence-corrected chi connectivity index (χ2v) is 4.89. The number of nitrogens with one attached hydrogen (secondary N) is 1. The van der Waals surface area contributed by atoms with Crippen molar-refractivity contribution < 1.29 is 9.59 Å². The molecule has 4 heteroatoms. The van der Waals surface area contributed by atoms with Crippen molar-refractivity contribution in [1.29, 1.82) is 0 Å². The van der Waals surface area contributed by atoms with E-state index in [1.54, 1.807) is 18.2 Å². The molecule has 0 unspecified atom stereocenters. The van der Waals surface area contributed by atoms with Crippen molar-refractivity contribution in [2.75, 3.05) is 5.01 Å². The number of hydrazine groups is 1. The van der Waals surface area contributed by atoms with E-state index >= 15 is 0 Å². The van der Waals surface area contributed by atoms with Gasteiger partial charge in [0, 0.05) is 0 Å². The molecule has 0 spiro atoms. The molecule has 21 heavy (non-hydrogen) atoms.